The number of rotatable bonds is 7. The van der Waals surface area contributed by atoms with E-state index in [1.807, 2.05) is 19.1 Å². The summed E-state index contributed by atoms with van der Waals surface area (Å²) in [6.07, 6.45) is 0.590. The predicted octanol–water partition coefficient (Wildman–Crippen LogP) is 1.99. The summed E-state index contributed by atoms with van der Waals surface area (Å²) in [5, 5.41) is 3.27. The summed E-state index contributed by atoms with van der Waals surface area (Å²) in [6.45, 7) is 2.70. The van der Waals surface area contributed by atoms with Gasteiger partial charge in [-0.3, -0.25) is 0 Å². The molecule has 4 nitrogen and oxygen atoms in total. The van der Waals surface area contributed by atoms with Gasteiger partial charge in [0.25, 0.3) is 0 Å². The van der Waals surface area contributed by atoms with E-state index in [1.165, 1.54) is 18.4 Å². The lowest BCUT2D eigenvalue weighted by Crippen LogP contribution is -2.26. The molecule has 0 aliphatic rings. The number of sulfonamides is 1. The average molecular weight is 297 g/mol. The first-order chi connectivity index (χ1) is 7.94. The van der Waals surface area contributed by atoms with Crippen LogP contribution in [0.2, 0.25) is 4.34 Å². The van der Waals surface area contributed by atoms with Gasteiger partial charge in [0.15, 0.2) is 0 Å². The second kappa shape index (κ2) is 6.70. The first-order valence-electron chi connectivity index (χ1n) is 5.34. The van der Waals surface area contributed by atoms with Gasteiger partial charge in [-0.05, 0) is 39.1 Å². The molecule has 0 bridgehead atoms. The second-order valence-corrected chi connectivity index (χ2v) is 7.49. The van der Waals surface area contributed by atoms with E-state index in [9.17, 15) is 8.42 Å². The molecule has 1 aromatic heterocycles. The van der Waals surface area contributed by atoms with E-state index < -0.39 is 10.0 Å². The van der Waals surface area contributed by atoms with Gasteiger partial charge in [-0.1, -0.05) is 11.6 Å². The van der Waals surface area contributed by atoms with Crippen molar-refractivity contribution in [2.24, 2.45) is 0 Å². The molecule has 1 heterocycles. The normalized spacial score (nSPS) is 13.8. The van der Waals surface area contributed by atoms with E-state index in [4.69, 9.17) is 11.6 Å². The summed E-state index contributed by atoms with van der Waals surface area (Å²) in [5.41, 5.74) is 0. The molecular formula is C10H17ClN2O2S2. The fourth-order valence-electron chi connectivity index (χ4n) is 1.34. The minimum absolute atomic E-state index is 0.147. The van der Waals surface area contributed by atoms with Crippen LogP contribution in [-0.4, -0.2) is 27.8 Å². The fraction of sp³-hybridized carbons (Fsp3) is 0.600. The Morgan fingerprint density at radius 2 is 2.18 bits per heavy atom. The van der Waals surface area contributed by atoms with Crippen molar-refractivity contribution < 1.29 is 8.42 Å². The molecule has 1 rings (SSSR count). The molecule has 7 heteroatoms. The van der Waals surface area contributed by atoms with Crippen LogP contribution in [0.3, 0.4) is 0 Å². The van der Waals surface area contributed by atoms with E-state index in [-0.39, 0.29) is 11.8 Å². The van der Waals surface area contributed by atoms with E-state index in [2.05, 4.69) is 10.0 Å². The number of hydrogen-bond donors (Lipinski definition) is 2. The van der Waals surface area contributed by atoms with Gasteiger partial charge in [0.05, 0.1) is 10.1 Å². The standard InChI is InChI=1S/C10H17ClN2O2S2/c1-8(9-4-5-10(11)16-9)13-6-3-7-17(14,15)12-2/h4-5,8,12-13H,3,6-7H2,1-2H3/t8-/m1/s1. The lowest BCUT2D eigenvalue weighted by atomic mass is 10.2. The minimum atomic E-state index is -3.09. The molecule has 0 unspecified atom stereocenters. The Balaban J connectivity index is 2.28. The SMILES string of the molecule is CNS(=O)(=O)CCCN[C@H](C)c1ccc(Cl)s1. The molecule has 0 saturated heterocycles. The zero-order valence-electron chi connectivity index (χ0n) is 9.86. The summed E-state index contributed by atoms with van der Waals surface area (Å²) in [6, 6.07) is 4.05. The van der Waals surface area contributed by atoms with Crippen molar-refractivity contribution in [1.29, 1.82) is 0 Å². The van der Waals surface area contributed by atoms with Crippen LogP contribution in [0, 0.1) is 0 Å². The third-order valence-corrected chi connectivity index (χ3v) is 5.23. The highest BCUT2D eigenvalue weighted by Crippen LogP contribution is 2.26. The molecule has 0 amide bonds. The van der Waals surface area contributed by atoms with Crippen molar-refractivity contribution in [3.05, 3.63) is 21.3 Å². The van der Waals surface area contributed by atoms with Crippen molar-refractivity contribution in [2.45, 2.75) is 19.4 Å². The number of hydrogen-bond acceptors (Lipinski definition) is 4. The third-order valence-electron chi connectivity index (χ3n) is 2.37. The highest BCUT2D eigenvalue weighted by Gasteiger charge is 2.09. The van der Waals surface area contributed by atoms with Gasteiger partial charge in [0.1, 0.15) is 0 Å². The van der Waals surface area contributed by atoms with E-state index in [0.717, 1.165) is 9.21 Å². The smallest absolute Gasteiger partial charge is 0.211 e. The van der Waals surface area contributed by atoms with Gasteiger partial charge in [-0.25, -0.2) is 13.1 Å². The molecule has 0 aromatic carbocycles. The topological polar surface area (TPSA) is 58.2 Å². The van der Waals surface area contributed by atoms with Crippen LogP contribution in [-0.2, 0) is 10.0 Å². The molecule has 0 aliphatic carbocycles. The van der Waals surface area contributed by atoms with Gasteiger partial charge in [-0.2, -0.15) is 0 Å². The van der Waals surface area contributed by atoms with Gasteiger partial charge in [0, 0.05) is 10.9 Å². The first kappa shape index (κ1) is 14.9. The minimum Gasteiger partial charge on any atom is -0.309 e. The van der Waals surface area contributed by atoms with Crippen LogP contribution >= 0.6 is 22.9 Å². The van der Waals surface area contributed by atoms with Crippen LogP contribution in [0.1, 0.15) is 24.3 Å². The first-order valence-corrected chi connectivity index (χ1v) is 8.19. The number of nitrogens with one attached hydrogen (secondary N) is 2. The molecule has 17 heavy (non-hydrogen) atoms. The monoisotopic (exact) mass is 296 g/mol. The van der Waals surface area contributed by atoms with Crippen LogP contribution in [0.25, 0.3) is 0 Å². The Bertz CT molecular complexity index is 445. The maximum Gasteiger partial charge on any atom is 0.211 e. The maximum atomic E-state index is 11.2. The van der Waals surface area contributed by atoms with Crippen molar-refractivity contribution in [1.82, 2.24) is 10.0 Å². The molecule has 1 aromatic rings. The van der Waals surface area contributed by atoms with Crippen molar-refractivity contribution in [3.8, 4) is 0 Å². The van der Waals surface area contributed by atoms with Gasteiger partial charge in [-0.15, -0.1) is 11.3 Å². The zero-order chi connectivity index (χ0) is 12.9. The number of thiophene rings is 1. The van der Waals surface area contributed by atoms with Crippen molar-refractivity contribution in [2.75, 3.05) is 19.3 Å². The summed E-state index contributed by atoms with van der Waals surface area (Å²) < 4.78 is 25.4. The Labute approximate surface area is 111 Å². The number of halogens is 1. The molecule has 0 radical (unpaired) electrons. The molecule has 2 N–H and O–H groups in total. The highest BCUT2D eigenvalue weighted by molar-refractivity contribution is 7.89. The predicted molar refractivity (Wildman–Crippen MR) is 73.2 cm³/mol. The lowest BCUT2D eigenvalue weighted by Gasteiger charge is -2.11. The Morgan fingerprint density at radius 1 is 1.47 bits per heavy atom. The summed E-state index contributed by atoms with van der Waals surface area (Å²) in [5.74, 6) is 0.147. The molecule has 0 spiro atoms. The molecule has 0 fully saturated rings. The Morgan fingerprint density at radius 3 is 2.71 bits per heavy atom. The summed E-state index contributed by atoms with van der Waals surface area (Å²) in [7, 11) is -1.66. The van der Waals surface area contributed by atoms with Gasteiger partial charge >= 0.3 is 0 Å². The Kier molecular flexibility index (Phi) is 5.88. The Hall–Kier alpha value is -0.140. The summed E-state index contributed by atoms with van der Waals surface area (Å²) >= 11 is 7.38. The maximum absolute atomic E-state index is 11.2. The van der Waals surface area contributed by atoms with Crippen molar-refractivity contribution >= 4 is 33.0 Å². The van der Waals surface area contributed by atoms with Gasteiger partial charge in [0.2, 0.25) is 10.0 Å². The van der Waals surface area contributed by atoms with Gasteiger partial charge < -0.3 is 5.32 Å². The quantitative estimate of drug-likeness (QED) is 0.757. The van der Waals surface area contributed by atoms with E-state index in [0.29, 0.717) is 13.0 Å². The molecule has 1 atom stereocenters. The lowest BCUT2D eigenvalue weighted by molar-refractivity contribution is 0.561. The molecule has 0 aliphatic heterocycles. The van der Waals surface area contributed by atoms with Crippen LogP contribution in [0.4, 0.5) is 0 Å². The second-order valence-electron chi connectivity index (χ2n) is 3.69. The van der Waals surface area contributed by atoms with Crippen LogP contribution in [0.5, 0.6) is 0 Å². The fourth-order valence-corrected chi connectivity index (χ4v) is 3.16. The van der Waals surface area contributed by atoms with E-state index in [1.54, 1.807) is 0 Å². The van der Waals surface area contributed by atoms with Crippen LogP contribution < -0.4 is 10.0 Å². The average Bonchev–Trinajstić information content (AvgIpc) is 2.71. The van der Waals surface area contributed by atoms with Crippen molar-refractivity contribution in [3.63, 3.8) is 0 Å². The van der Waals surface area contributed by atoms with E-state index >= 15 is 0 Å². The zero-order valence-corrected chi connectivity index (χ0v) is 12.3. The molecular weight excluding hydrogens is 280 g/mol. The summed E-state index contributed by atoms with van der Waals surface area (Å²) in [4.78, 5) is 1.16. The molecule has 0 saturated carbocycles. The highest BCUT2D eigenvalue weighted by atomic mass is 35.5. The van der Waals surface area contributed by atoms with Crippen LogP contribution in [0.15, 0.2) is 12.1 Å². The largest absolute Gasteiger partial charge is 0.309 e. The molecule has 98 valence electrons. The third kappa shape index (κ3) is 5.35.